The largest absolute Gasteiger partial charge is 0.309 e. The van der Waals surface area contributed by atoms with E-state index in [2.05, 4.69) is 97.3 Å². The highest BCUT2D eigenvalue weighted by atomic mass is 15.0. The molecule has 112 valence electrons. The third-order valence-electron chi connectivity index (χ3n) is 4.57. The Morgan fingerprint density at radius 3 is 2.00 bits per heavy atom. The van der Waals surface area contributed by atoms with Gasteiger partial charge < -0.3 is 4.57 Å². The molecule has 0 N–H and O–H groups in total. The molecule has 4 aromatic rings. The normalized spacial score (nSPS) is 12.2. The fourth-order valence-corrected chi connectivity index (χ4v) is 3.26. The molecule has 0 atom stereocenters. The average Bonchev–Trinajstić information content (AvgIpc) is 2.96. The van der Waals surface area contributed by atoms with Gasteiger partial charge in [-0.05, 0) is 49.2 Å². The summed E-state index contributed by atoms with van der Waals surface area (Å²) in [7, 11) is 0. The van der Waals surface area contributed by atoms with Crippen LogP contribution in [0, 0.1) is 0 Å². The standard InChI is InChI=1S/C22H19N/c1-3-16(2)17-9-8-10-18(15-17)23-21-13-6-4-11-19(21)20-12-5-7-14-22(20)23/h3-15H,1-2H3/b16-3+. The number of fused-ring (bicyclic) bond motifs is 3. The molecule has 0 aliphatic heterocycles. The van der Waals surface area contributed by atoms with Crippen molar-refractivity contribution in [3.63, 3.8) is 0 Å². The molecule has 23 heavy (non-hydrogen) atoms. The molecule has 0 saturated heterocycles. The molecule has 0 aliphatic carbocycles. The number of hydrogen-bond donors (Lipinski definition) is 0. The molecule has 1 heterocycles. The minimum Gasteiger partial charge on any atom is -0.309 e. The maximum absolute atomic E-state index is 2.36. The van der Waals surface area contributed by atoms with E-state index in [0.717, 1.165) is 0 Å². The second-order valence-electron chi connectivity index (χ2n) is 5.89. The van der Waals surface area contributed by atoms with E-state index in [9.17, 15) is 0 Å². The number of benzene rings is 3. The smallest absolute Gasteiger partial charge is 0.0541 e. The van der Waals surface area contributed by atoms with Gasteiger partial charge >= 0.3 is 0 Å². The van der Waals surface area contributed by atoms with Crippen LogP contribution in [-0.2, 0) is 0 Å². The maximum atomic E-state index is 2.36. The Bertz CT molecular complexity index is 981. The molecular formula is C22H19N. The molecule has 4 rings (SSSR count). The molecule has 0 amide bonds. The number of rotatable bonds is 2. The van der Waals surface area contributed by atoms with Crippen molar-refractivity contribution < 1.29 is 0 Å². The predicted octanol–water partition coefficient (Wildman–Crippen LogP) is 6.21. The number of nitrogens with zero attached hydrogens (tertiary/aromatic N) is 1. The van der Waals surface area contributed by atoms with Crippen LogP contribution >= 0.6 is 0 Å². The van der Waals surface area contributed by atoms with E-state index in [0.29, 0.717) is 0 Å². The van der Waals surface area contributed by atoms with Gasteiger partial charge in [-0.2, -0.15) is 0 Å². The van der Waals surface area contributed by atoms with Crippen molar-refractivity contribution in [2.24, 2.45) is 0 Å². The molecular weight excluding hydrogens is 278 g/mol. The van der Waals surface area contributed by atoms with Gasteiger partial charge in [-0.15, -0.1) is 0 Å². The summed E-state index contributed by atoms with van der Waals surface area (Å²) in [4.78, 5) is 0. The Morgan fingerprint density at radius 2 is 1.39 bits per heavy atom. The minimum atomic E-state index is 1.21. The Morgan fingerprint density at radius 1 is 0.783 bits per heavy atom. The van der Waals surface area contributed by atoms with Crippen LogP contribution in [0.2, 0.25) is 0 Å². The van der Waals surface area contributed by atoms with Crippen LogP contribution in [0.15, 0.2) is 78.9 Å². The molecule has 0 bridgehead atoms. The van der Waals surface area contributed by atoms with Gasteiger partial charge in [0, 0.05) is 16.5 Å². The zero-order valence-corrected chi connectivity index (χ0v) is 13.5. The van der Waals surface area contributed by atoms with Crippen molar-refractivity contribution >= 4 is 27.4 Å². The summed E-state index contributed by atoms with van der Waals surface area (Å²) in [6, 6.07) is 26.0. The van der Waals surface area contributed by atoms with E-state index >= 15 is 0 Å². The lowest BCUT2D eigenvalue weighted by Crippen LogP contribution is -1.94. The SMILES string of the molecule is C/C=C(\C)c1cccc(-n2c3ccccc3c3ccccc32)c1. The number of allylic oxidation sites excluding steroid dienone is 2. The zero-order valence-electron chi connectivity index (χ0n) is 13.5. The van der Waals surface area contributed by atoms with E-state index in [1.165, 1.54) is 38.6 Å². The quantitative estimate of drug-likeness (QED) is 0.414. The summed E-state index contributed by atoms with van der Waals surface area (Å²) < 4.78 is 2.36. The highest BCUT2D eigenvalue weighted by molar-refractivity contribution is 6.09. The Hall–Kier alpha value is -2.80. The highest BCUT2D eigenvalue weighted by Gasteiger charge is 2.11. The predicted molar refractivity (Wildman–Crippen MR) is 100 cm³/mol. The van der Waals surface area contributed by atoms with E-state index in [-0.39, 0.29) is 0 Å². The van der Waals surface area contributed by atoms with Crippen LogP contribution in [0.4, 0.5) is 0 Å². The van der Waals surface area contributed by atoms with Gasteiger partial charge in [0.2, 0.25) is 0 Å². The molecule has 1 aromatic heterocycles. The van der Waals surface area contributed by atoms with Crippen molar-refractivity contribution in [2.75, 3.05) is 0 Å². The van der Waals surface area contributed by atoms with Crippen molar-refractivity contribution in [1.82, 2.24) is 4.57 Å². The van der Waals surface area contributed by atoms with E-state index < -0.39 is 0 Å². The van der Waals surface area contributed by atoms with Crippen molar-refractivity contribution in [2.45, 2.75) is 13.8 Å². The van der Waals surface area contributed by atoms with Gasteiger partial charge in [-0.25, -0.2) is 0 Å². The van der Waals surface area contributed by atoms with Crippen LogP contribution < -0.4 is 0 Å². The van der Waals surface area contributed by atoms with E-state index in [1.54, 1.807) is 0 Å². The topological polar surface area (TPSA) is 4.93 Å². The van der Waals surface area contributed by atoms with E-state index in [4.69, 9.17) is 0 Å². The number of hydrogen-bond acceptors (Lipinski definition) is 0. The van der Waals surface area contributed by atoms with Crippen LogP contribution in [0.5, 0.6) is 0 Å². The summed E-state index contributed by atoms with van der Waals surface area (Å²) >= 11 is 0. The zero-order chi connectivity index (χ0) is 15.8. The summed E-state index contributed by atoms with van der Waals surface area (Å²) in [5.41, 5.74) is 6.29. The molecule has 0 aliphatic rings. The lowest BCUT2D eigenvalue weighted by molar-refractivity contribution is 1.18. The lowest BCUT2D eigenvalue weighted by atomic mass is 10.1. The first-order valence-electron chi connectivity index (χ1n) is 8.01. The first kappa shape index (κ1) is 13.8. The molecule has 0 unspecified atom stereocenters. The van der Waals surface area contributed by atoms with Gasteiger partial charge in [-0.3, -0.25) is 0 Å². The fraction of sp³-hybridized carbons (Fsp3) is 0.0909. The van der Waals surface area contributed by atoms with Crippen LogP contribution in [0.25, 0.3) is 33.1 Å². The molecule has 0 fully saturated rings. The summed E-state index contributed by atoms with van der Waals surface area (Å²) in [5, 5.41) is 2.60. The Kier molecular flexibility index (Phi) is 3.27. The minimum absolute atomic E-state index is 1.21. The van der Waals surface area contributed by atoms with Gasteiger partial charge in [0.25, 0.3) is 0 Å². The molecule has 3 aromatic carbocycles. The van der Waals surface area contributed by atoms with Crippen molar-refractivity contribution in [3.05, 3.63) is 84.4 Å². The monoisotopic (exact) mass is 297 g/mol. The third kappa shape index (κ3) is 2.17. The molecule has 0 spiro atoms. The Labute approximate surface area is 136 Å². The average molecular weight is 297 g/mol. The second-order valence-corrected chi connectivity index (χ2v) is 5.89. The fourth-order valence-electron chi connectivity index (χ4n) is 3.26. The van der Waals surface area contributed by atoms with Gasteiger partial charge in [-0.1, -0.05) is 54.6 Å². The summed E-state index contributed by atoms with van der Waals surface area (Å²) in [5.74, 6) is 0. The molecule has 0 radical (unpaired) electrons. The van der Waals surface area contributed by atoms with Crippen molar-refractivity contribution in [1.29, 1.82) is 0 Å². The highest BCUT2D eigenvalue weighted by Crippen LogP contribution is 2.32. The van der Waals surface area contributed by atoms with Crippen LogP contribution in [0.3, 0.4) is 0 Å². The lowest BCUT2D eigenvalue weighted by Gasteiger charge is -2.10. The van der Waals surface area contributed by atoms with Gasteiger partial charge in [0.05, 0.1) is 11.0 Å². The summed E-state index contributed by atoms with van der Waals surface area (Å²) in [6.45, 7) is 4.24. The van der Waals surface area contributed by atoms with Crippen LogP contribution in [0.1, 0.15) is 19.4 Å². The van der Waals surface area contributed by atoms with Crippen molar-refractivity contribution in [3.8, 4) is 5.69 Å². The maximum Gasteiger partial charge on any atom is 0.0541 e. The molecule has 1 nitrogen and oxygen atoms in total. The first-order valence-corrected chi connectivity index (χ1v) is 8.01. The molecule has 0 saturated carbocycles. The number of para-hydroxylation sites is 2. The van der Waals surface area contributed by atoms with Gasteiger partial charge in [0.1, 0.15) is 0 Å². The first-order chi connectivity index (χ1) is 11.3. The second kappa shape index (κ2) is 5.44. The number of aromatic nitrogens is 1. The molecule has 1 heteroatoms. The van der Waals surface area contributed by atoms with E-state index in [1.807, 2.05) is 0 Å². The van der Waals surface area contributed by atoms with Gasteiger partial charge in [0.15, 0.2) is 0 Å². The summed E-state index contributed by atoms with van der Waals surface area (Å²) in [6.07, 6.45) is 2.16. The third-order valence-corrected chi connectivity index (χ3v) is 4.57. The Balaban J connectivity index is 2.09. The van der Waals surface area contributed by atoms with Crippen LogP contribution in [-0.4, -0.2) is 4.57 Å².